The Bertz CT molecular complexity index is 821. The van der Waals surface area contributed by atoms with Gasteiger partial charge in [-0.25, -0.2) is 4.39 Å². The Morgan fingerprint density at radius 2 is 2.19 bits per heavy atom. The number of aliphatic carboxylic acids is 1. The highest BCUT2D eigenvalue weighted by molar-refractivity contribution is 5.97. The molecule has 3 rings (SSSR count). The van der Waals surface area contributed by atoms with Gasteiger partial charge in [-0.05, 0) is 31.0 Å². The van der Waals surface area contributed by atoms with Crippen LogP contribution in [0, 0.1) is 5.82 Å². The Hall–Kier alpha value is -2.90. The third kappa shape index (κ3) is 3.68. The molecule has 26 heavy (non-hydrogen) atoms. The molecule has 8 heteroatoms. The molecule has 1 atom stereocenters. The van der Waals surface area contributed by atoms with Crippen molar-refractivity contribution in [1.82, 2.24) is 14.7 Å². The van der Waals surface area contributed by atoms with Gasteiger partial charge in [-0.2, -0.15) is 5.10 Å². The number of carbonyl (C=O) groups excluding carboxylic acids is 1. The molecule has 138 valence electrons. The first-order valence-corrected chi connectivity index (χ1v) is 8.36. The number of aromatic nitrogens is 2. The fraction of sp³-hybridized carbons (Fsp3) is 0.389. The largest absolute Gasteiger partial charge is 0.496 e. The van der Waals surface area contributed by atoms with E-state index in [2.05, 4.69) is 5.10 Å². The molecule has 2 heterocycles. The fourth-order valence-corrected chi connectivity index (χ4v) is 3.26. The van der Waals surface area contributed by atoms with E-state index in [0.29, 0.717) is 13.1 Å². The van der Waals surface area contributed by atoms with Gasteiger partial charge in [0, 0.05) is 25.2 Å². The van der Waals surface area contributed by atoms with Crippen molar-refractivity contribution >= 4 is 11.9 Å². The normalized spacial score (nSPS) is 17.2. The molecule has 1 amide bonds. The van der Waals surface area contributed by atoms with Crippen molar-refractivity contribution in [2.24, 2.45) is 0 Å². The number of amides is 1. The number of carboxylic acid groups (broad SMARTS) is 1. The molecule has 1 aliphatic rings. The maximum absolute atomic E-state index is 14.2. The van der Waals surface area contributed by atoms with Gasteiger partial charge in [0.15, 0.2) is 0 Å². The second-order valence-corrected chi connectivity index (χ2v) is 6.24. The first-order chi connectivity index (χ1) is 12.5. The molecule has 1 aromatic heterocycles. The van der Waals surface area contributed by atoms with Gasteiger partial charge in [0.05, 0.1) is 12.8 Å². The molecule has 0 saturated carbocycles. The Balaban J connectivity index is 1.77. The van der Waals surface area contributed by atoms with Crippen LogP contribution in [0.25, 0.3) is 0 Å². The number of methoxy groups -OCH3 is 1. The standard InChI is InChI=1S/C18H20FN3O4/c1-26-15-6-2-5-13(19)17(15)18(25)21-8-3-4-12(10-21)14-7-9-22(20-14)11-16(23)24/h2,5-7,9,12H,3-4,8,10-11H2,1H3,(H,23,24)/t12-/m0/s1. The van der Waals surface area contributed by atoms with Crippen LogP contribution in [0.15, 0.2) is 30.5 Å². The lowest BCUT2D eigenvalue weighted by Gasteiger charge is -2.32. The number of carboxylic acids is 1. The van der Waals surface area contributed by atoms with Crippen LogP contribution < -0.4 is 4.74 Å². The van der Waals surface area contributed by atoms with Gasteiger partial charge in [0.25, 0.3) is 5.91 Å². The smallest absolute Gasteiger partial charge is 0.325 e. The van der Waals surface area contributed by atoms with Crippen LogP contribution in [0.5, 0.6) is 5.75 Å². The molecule has 0 spiro atoms. The number of halogens is 1. The molecule has 1 aliphatic heterocycles. The van der Waals surface area contributed by atoms with E-state index in [1.165, 1.54) is 23.9 Å². The van der Waals surface area contributed by atoms with Gasteiger partial charge in [-0.1, -0.05) is 6.07 Å². The van der Waals surface area contributed by atoms with Crippen molar-refractivity contribution in [2.75, 3.05) is 20.2 Å². The SMILES string of the molecule is COc1cccc(F)c1C(=O)N1CCC[C@H](c2ccn(CC(=O)O)n2)C1. The Morgan fingerprint density at radius 3 is 2.92 bits per heavy atom. The lowest BCUT2D eigenvalue weighted by molar-refractivity contribution is -0.137. The van der Waals surface area contributed by atoms with E-state index >= 15 is 0 Å². The summed E-state index contributed by atoms with van der Waals surface area (Å²) >= 11 is 0. The minimum atomic E-state index is -0.966. The molecular weight excluding hydrogens is 341 g/mol. The van der Waals surface area contributed by atoms with Gasteiger partial charge in [-0.15, -0.1) is 0 Å². The van der Waals surface area contributed by atoms with Crippen LogP contribution >= 0.6 is 0 Å². The highest BCUT2D eigenvalue weighted by atomic mass is 19.1. The summed E-state index contributed by atoms with van der Waals surface area (Å²) in [6.07, 6.45) is 3.21. The third-order valence-electron chi connectivity index (χ3n) is 4.49. The van der Waals surface area contributed by atoms with Crippen LogP contribution in [0.4, 0.5) is 4.39 Å². The molecule has 1 aromatic carbocycles. The van der Waals surface area contributed by atoms with Gasteiger partial charge in [-0.3, -0.25) is 14.3 Å². The summed E-state index contributed by atoms with van der Waals surface area (Å²) in [5.74, 6) is -1.79. The molecule has 0 aliphatic carbocycles. The molecule has 0 bridgehead atoms. The van der Waals surface area contributed by atoms with E-state index in [9.17, 15) is 14.0 Å². The minimum absolute atomic E-state index is 0.0134. The fourth-order valence-electron chi connectivity index (χ4n) is 3.26. The number of hydrogen-bond donors (Lipinski definition) is 1. The van der Waals surface area contributed by atoms with Gasteiger partial charge in [0.1, 0.15) is 23.7 Å². The van der Waals surface area contributed by atoms with E-state index in [1.807, 2.05) is 0 Å². The first-order valence-electron chi connectivity index (χ1n) is 8.36. The zero-order valence-electron chi connectivity index (χ0n) is 14.4. The molecule has 1 saturated heterocycles. The summed E-state index contributed by atoms with van der Waals surface area (Å²) in [7, 11) is 1.40. The molecule has 2 aromatic rings. The van der Waals surface area contributed by atoms with Crippen molar-refractivity contribution in [3.63, 3.8) is 0 Å². The second-order valence-electron chi connectivity index (χ2n) is 6.24. The number of benzene rings is 1. The highest BCUT2D eigenvalue weighted by Gasteiger charge is 2.30. The molecular formula is C18H20FN3O4. The zero-order chi connectivity index (χ0) is 18.7. The average Bonchev–Trinajstić information content (AvgIpc) is 3.08. The highest BCUT2D eigenvalue weighted by Crippen LogP contribution is 2.29. The summed E-state index contributed by atoms with van der Waals surface area (Å²) in [6.45, 7) is 0.727. The van der Waals surface area contributed by atoms with Crippen LogP contribution in [0.2, 0.25) is 0 Å². The van der Waals surface area contributed by atoms with Crippen LogP contribution in [0.1, 0.15) is 34.8 Å². The van der Waals surface area contributed by atoms with Crippen molar-refractivity contribution in [3.8, 4) is 5.75 Å². The van der Waals surface area contributed by atoms with Crippen molar-refractivity contribution < 1.29 is 23.8 Å². The monoisotopic (exact) mass is 361 g/mol. The van der Waals surface area contributed by atoms with Crippen molar-refractivity contribution in [3.05, 3.63) is 47.5 Å². The Morgan fingerprint density at radius 1 is 1.38 bits per heavy atom. The maximum atomic E-state index is 14.2. The van der Waals surface area contributed by atoms with E-state index in [1.54, 1.807) is 23.2 Å². The molecule has 1 N–H and O–H groups in total. The Labute approximate surface area is 150 Å². The predicted molar refractivity (Wildman–Crippen MR) is 90.7 cm³/mol. The second kappa shape index (κ2) is 7.55. The summed E-state index contributed by atoms with van der Waals surface area (Å²) < 4.78 is 20.7. The summed E-state index contributed by atoms with van der Waals surface area (Å²) in [5, 5.41) is 13.1. The van der Waals surface area contributed by atoms with Crippen molar-refractivity contribution in [2.45, 2.75) is 25.3 Å². The van der Waals surface area contributed by atoms with E-state index in [4.69, 9.17) is 9.84 Å². The molecule has 0 radical (unpaired) electrons. The maximum Gasteiger partial charge on any atom is 0.325 e. The minimum Gasteiger partial charge on any atom is -0.496 e. The van der Waals surface area contributed by atoms with Gasteiger partial charge >= 0.3 is 5.97 Å². The first kappa shape index (κ1) is 17.9. The summed E-state index contributed by atoms with van der Waals surface area (Å²) in [5.41, 5.74) is 0.677. The molecule has 0 unspecified atom stereocenters. The topological polar surface area (TPSA) is 84.7 Å². The zero-order valence-corrected chi connectivity index (χ0v) is 14.4. The number of likely N-dealkylation sites (tertiary alicyclic amines) is 1. The van der Waals surface area contributed by atoms with Crippen molar-refractivity contribution in [1.29, 1.82) is 0 Å². The van der Waals surface area contributed by atoms with Gasteiger partial charge < -0.3 is 14.7 Å². The van der Waals surface area contributed by atoms with Crippen LogP contribution in [-0.4, -0.2) is 51.9 Å². The van der Waals surface area contributed by atoms with Gasteiger partial charge in [0.2, 0.25) is 0 Å². The predicted octanol–water partition coefficient (Wildman–Crippen LogP) is 2.14. The van der Waals surface area contributed by atoms with E-state index < -0.39 is 17.7 Å². The number of hydrogen-bond acceptors (Lipinski definition) is 4. The summed E-state index contributed by atoms with van der Waals surface area (Å²) in [6, 6.07) is 6.07. The van der Waals surface area contributed by atoms with E-state index in [0.717, 1.165) is 18.5 Å². The number of nitrogens with zero attached hydrogens (tertiary/aromatic N) is 3. The van der Waals surface area contributed by atoms with Crippen LogP contribution in [-0.2, 0) is 11.3 Å². The Kier molecular flexibility index (Phi) is 5.20. The quantitative estimate of drug-likeness (QED) is 0.882. The van der Waals surface area contributed by atoms with Crippen LogP contribution in [0.3, 0.4) is 0 Å². The average molecular weight is 361 g/mol. The number of rotatable bonds is 5. The number of carbonyl (C=O) groups is 2. The lowest BCUT2D eigenvalue weighted by atomic mass is 9.94. The third-order valence-corrected chi connectivity index (χ3v) is 4.49. The molecule has 1 fully saturated rings. The summed E-state index contributed by atoms with van der Waals surface area (Å²) in [4.78, 5) is 25.2. The lowest BCUT2D eigenvalue weighted by Crippen LogP contribution is -2.39. The number of ether oxygens (including phenoxy) is 1. The molecule has 7 nitrogen and oxygen atoms in total. The number of piperidine rings is 1. The van der Waals surface area contributed by atoms with E-state index in [-0.39, 0.29) is 23.8 Å².